The number of pyridine rings is 1. The lowest BCUT2D eigenvalue weighted by Gasteiger charge is -2.45. The number of guanidine groups is 1. The maximum Gasteiger partial charge on any atom is 0.433 e. The van der Waals surface area contributed by atoms with Gasteiger partial charge in [0.2, 0.25) is 5.79 Å². The van der Waals surface area contributed by atoms with Crippen molar-refractivity contribution in [2.24, 2.45) is 21.1 Å². The highest BCUT2D eigenvalue weighted by molar-refractivity contribution is 6.08. The Morgan fingerprint density at radius 2 is 1.65 bits per heavy atom. The third kappa shape index (κ3) is 4.32. The number of aromatic nitrogens is 1. The van der Waals surface area contributed by atoms with Gasteiger partial charge < -0.3 is 11.1 Å². The summed E-state index contributed by atoms with van der Waals surface area (Å²) < 4.78 is 39.0. The maximum atomic E-state index is 13.0. The van der Waals surface area contributed by atoms with Crippen molar-refractivity contribution in [2.45, 2.75) is 59.0 Å². The van der Waals surface area contributed by atoms with Crippen LogP contribution in [0.25, 0.3) is 0 Å². The third-order valence-corrected chi connectivity index (χ3v) is 3.68. The largest absolute Gasteiger partial charge is 0.433 e. The van der Waals surface area contributed by atoms with Gasteiger partial charge >= 0.3 is 6.18 Å². The minimum absolute atomic E-state index is 0.0435. The summed E-state index contributed by atoms with van der Waals surface area (Å²) in [6.45, 7) is 11.6. The van der Waals surface area contributed by atoms with E-state index in [4.69, 9.17) is 5.73 Å². The summed E-state index contributed by atoms with van der Waals surface area (Å²) in [6, 6.07) is 3.65. The SMILES string of the molecule is CC(C)(C)NC1(C(C)(C)C)N=C(N)NC(c2cccc(C(F)(F)F)n2)=N1. The zero-order chi connectivity index (χ0) is 20.0. The fraction of sp³-hybridized carbons (Fsp3) is 0.588. The predicted octanol–water partition coefficient (Wildman–Crippen LogP) is 2.85. The highest BCUT2D eigenvalue weighted by Crippen LogP contribution is 2.36. The van der Waals surface area contributed by atoms with Gasteiger partial charge in [0.1, 0.15) is 11.4 Å². The second-order valence-electron chi connectivity index (χ2n) is 8.29. The molecule has 6 nitrogen and oxygen atoms in total. The topological polar surface area (TPSA) is 87.7 Å². The van der Waals surface area contributed by atoms with E-state index in [0.29, 0.717) is 0 Å². The van der Waals surface area contributed by atoms with Gasteiger partial charge in [-0.1, -0.05) is 26.8 Å². The van der Waals surface area contributed by atoms with Crippen molar-refractivity contribution < 1.29 is 13.2 Å². The molecule has 0 aromatic carbocycles. The molecule has 1 aliphatic rings. The van der Waals surface area contributed by atoms with Crippen LogP contribution in [-0.2, 0) is 6.18 Å². The molecule has 1 aliphatic heterocycles. The standard InChI is InChI=1S/C17H25F3N6/c1-14(2,3)17(26-15(4,5)6)24-12(23-13(21)25-17)10-8-7-9-11(22-10)16(18,19)20/h7-9,26H,1-6H3,(H3,21,23,24,25). The lowest BCUT2D eigenvalue weighted by atomic mass is 9.85. The van der Waals surface area contributed by atoms with Crippen LogP contribution < -0.4 is 16.4 Å². The van der Waals surface area contributed by atoms with E-state index in [1.165, 1.54) is 12.1 Å². The molecule has 0 aliphatic carbocycles. The molecule has 0 spiro atoms. The molecule has 9 heteroatoms. The second-order valence-corrected chi connectivity index (χ2v) is 8.29. The molecule has 0 saturated heterocycles. The smallest absolute Gasteiger partial charge is 0.370 e. The molecule has 1 aromatic heterocycles. The number of nitrogens with two attached hydrogens (primary N) is 1. The van der Waals surface area contributed by atoms with E-state index in [9.17, 15) is 13.2 Å². The van der Waals surface area contributed by atoms with E-state index >= 15 is 0 Å². The lowest BCUT2D eigenvalue weighted by Crippen LogP contribution is -2.63. The Bertz CT molecular complexity index is 740. The number of hydrogen-bond acceptors (Lipinski definition) is 6. The number of halogens is 3. The molecule has 4 N–H and O–H groups in total. The molecule has 2 heterocycles. The zero-order valence-corrected chi connectivity index (χ0v) is 15.8. The van der Waals surface area contributed by atoms with Crippen LogP contribution >= 0.6 is 0 Å². The molecule has 26 heavy (non-hydrogen) atoms. The van der Waals surface area contributed by atoms with Crippen LogP contribution in [0.5, 0.6) is 0 Å². The molecular weight excluding hydrogens is 345 g/mol. The Hall–Kier alpha value is -2.16. The van der Waals surface area contributed by atoms with Crippen LogP contribution in [-0.4, -0.2) is 28.1 Å². The minimum Gasteiger partial charge on any atom is -0.370 e. The molecule has 144 valence electrons. The molecule has 0 radical (unpaired) electrons. The number of nitrogens with zero attached hydrogens (tertiary/aromatic N) is 3. The van der Waals surface area contributed by atoms with Crippen molar-refractivity contribution in [1.82, 2.24) is 15.6 Å². The van der Waals surface area contributed by atoms with Crippen molar-refractivity contribution in [3.8, 4) is 0 Å². The number of hydrogen-bond donors (Lipinski definition) is 3. The summed E-state index contributed by atoms with van der Waals surface area (Å²) in [5.41, 5.74) is 4.11. The molecule has 0 fully saturated rings. The Labute approximate surface area is 151 Å². The van der Waals surface area contributed by atoms with Crippen molar-refractivity contribution in [3.05, 3.63) is 29.6 Å². The molecular formula is C17H25F3N6. The van der Waals surface area contributed by atoms with Crippen LogP contribution in [0.4, 0.5) is 13.2 Å². The van der Waals surface area contributed by atoms with E-state index in [2.05, 4.69) is 25.6 Å². The Kier molecular flexibility index (Phi) is 4.82. The summed E-state index contributed by atoms with van der Waals surface area (Å²) in [5, 5.41) is 6.07. The van der Waals surface area contributed by atoms with Gasteiger partial charge in [0, 0.05) is 11.0 Å². The predicted molar refractivity (Wildman–Crippen MR) is 95.6 cm³/mol. The average Bonchev–Trinajstić information content (AvgIpc) is 2.43. The quantitative estimate of drug-likeness (QED) is 0.747. The second kappa shape index (κ2) is 6.22. The van der Waals surface area contributed by atoms with Crippen LogP contribution in [0.2, 0.25) is 0 Å². The van der Waals surface area contributed by atoms with E-state index in [-0.39, 0.29) is 23.0 Å². The Balaban J connectivity index is 2.60. The van der Waals surface area contributed by atoms with Crippen LogP contribution in [0.3, 0.4) is 0 Å². The summed E-state index contributed by atoms with van der Waals surface area (Å²) in [7, 11) is 0. The van der Waals surface area contributed by atoms with Gasteiger partial charge in [-0.15, -0.1) is 0 Å². The summed E-state index contributed by atoms with van der Waals surface area (Å²) in [6.07, 6.45) is -4.55. The van der Waals surface area contributed by atoms with Crippen molar-refractivity contribution in [1.29, 1.82) is 0 Å². The first-order valence-corrected chi connectivity index (χ1v) is 8.19. The minimum atomic E-state index is -4.55. The first kappa shape index (κ1) is 20.2. The zero-order valence-electron chi connectivity index (χ0n) is 15.8. The number of amidine groups is 1. The van der Waals surface area contributed by atoms with Crippen LogP contribution in [0.15, 0.2) is 28.2 Å². The molecule has 1 atom stereocenters. The lowest BCUT2D eigenvalue weighted by molar-refractivity contribution is -0.141. The van der Waals surface area contributed by atoms with Gasteiger partial charge in [0.25, 0.3) is 0 Å². The number of alkyl halides is 3. The highest BCUT2D eigenvalue weighted by atomic mass is 19.4. The van der Waals surface area contributed by atoms with Crippen molar-refractivity contribution >= 4 is 11.8 Å². The molecule has 0 saturated carbocycles. The number of aliphatic imine (C=N–C) groups is 2. The third-order valence-electron chi connectivity index (χ3n) is 3.68. The van der Waals surface area contributed by atoms with E-state index in [0.717, 1.165) is 6.07 Å². The summed E-state index contributed by atoms with van der Waals surface area (Å²) in [4.78, 5) is 12.8. The number of nitrogens with one attached hydrogen (secondary N) is 2. The Morgan fingerprint density at radius 3 is 2.15 bits per heavy atom. The highest BCUT2D eigenvalue weighted by Gasteiger charge is 2.47. The fourth-order valence-electron chi connectivity index (χ4n) is 2.49. The van der Waals surface area contributed by atoms with E-state index in [1.54, 1.807) is 0 Å². The fourth-order valence-corrected chi connectivity index (χ4v) is 2.49. The Morgan fingerprint density at radius 1 is 1.04 bits per heavy atom. The van der Waals surface area contributed by atoms with Gasteiger partial charge in [-0.2, -0.15) is 13.2 Å². The van der Waals surface area contributed by atoms with Gasteiger partial charge in [0.05, 0.1) is 0 Å². The van der Waals surface area contributed by atoms with Gasteiger partial charge in [0.15, 0.2) is 11.8 Å². The molecule has 2 rings (SSSR count). The van der Waals surface area contributed by atoms with Crippen LogP contribution in [0, 0.1) is 5.41 Å². The van der Waals surface area contributed by atoms with Gasteiger partial charge in [-0.05, 0) is 32.9 Å². The monoisotopic (exact) mass is 370 g/mol. The first-order valence-electron chi connectivity index (χ1n) is 8.19. The molecule has 0 amide bonds. The molecule has 1 aromatic rings. The summed E-state index contributed by atoms with van der Waals surface area (Å²) >= 11 is 0. The van der Waals surface area contributed by atoms with Crippen LogP contribution in [0.1, 0.15) is 52.9 Å². The average molecular weight is 370 g/mol. The number of rotatable bonds is 2. The van der Waals surface area contributed by atoms with E-state index in [1.807, 2.05) is 41.5 Å². The molecule has 0 bridgehead atoms. The van der Waals surface area contributed by atoms with E-state index < -0.39 is 23.1 Å². The van der Waals surface area contributed by atoms with Crippen molar-refractivity contribution in [3.63, 3.8) is 0 Å². The van der Waals surface area contributed by atoms with Gasteiger partial charge in [-0.25, -0.2) is 15.0 Å². The van der Waals surface area contributed by atoms with Crippen molar-refractivity contribution in [2.75, 3.05) is 0 Å². The summed E-state index contributed by atoms with van der Waals surface area (Å²) in [5.74, 6) is -0.970. The van der Waals surface area contributed by atoms with Gasteiger partial charge in [-0.3, -0.25) is 5.32 Å². The first-order chi connectivity index (χ1) is 11.6. The molecule has 1 unspecified atom stereocenters. The normalized spacial score (nSPS) is 21.7. The maximum absolute atomic E-state index is 13.0.